The first-order chi connectivity index (χ1) is 10.4. The number of pyridine rings is 2. The number of benzene rings is 1. The Kier molecular flexibility index (Phi) is 4.03. The molecule has 1 N–H and O–H groups in total. The molecule has 0 aliphatic heterocycles. The van der Waals surface area contributed by atoms with Crippen LogP contribution in [0.1, 0.15) is 5.56 Å². The van der Waals surface area contributed by atoms with Crippen molar-refractivity contribution in [1.82, 2.24) is 9.97 Å². The van der Waals surface area contributed by atoms with Crippen molar-refractivity contribution in [2.24, 2.45) is 0 Å². The molecule has 3 heteroatoms. The number of hydrogen-bond acceptors (Lipinski definition) is 3. The number of rotatable bonds is 4. The summed E-state index contributed by atoms with van der Waals surface area (Å²) in [4.78, 5) is 8.61. The van der Waals surface area contributed by atoms with Crippen LogP contribution in [0.25, 0.3) is 22.4 Å². The van der Waals surface area contributed by atoms with Gasteiger partial charge in [-0.3, -0.25) is 9.97 Å². The highest BCUT2D eigenvalue weighted by Gasteiger charge is 2.02. The normalized spacial score (nSPS) is 10.5. The Morgan fingerprint density at radius 3 is 2.24 bits per heavy atom. The van der Waals surface area contributed by atoms with E-state index < -0.39 is 0 Å². The molecule has 0 fully saturated rings. The van der Waals surface area contributed by atoms with Gasteiger partial charge in [-0.15, -0.1) is 0 Å². The molecule has 0 amide bonds. The summed E-state index contributed by atoms with van der Waals surface area (Å²) >= 11 is 0. The van der Waals surface area contributed by atoms with Gasteiger partial charge < -0.3 is 5.11 Å². The van der Waals surface area contributed by atoms with Crippen LogP contribution >= 0.6 is 0 Å². The van der Waals surface area contributed by atoms with Crippen molar-refractivity contribution in [2.75, 3.05) is 6.61 Å². The van der Waals surface area contributed by atoms with Crippen LogP contribution in [0.2, 0.25) is 0 Å². The monoisotopic (exact) mass is 276 g/mol. The lowest BCUT2D eigenvalue weighted by molar-refractivity contribution is 0.299. The predicted molar refractivity (Wildman–Crippen MR) is 83.7 cm³/mol. The van der Waals surface area contributed by atoms with Gasteiger partial charge in [0, 0.05) is 36.3 Å². The highest BCUT2D eigenvalue weighted by atomic mass is 16.2. The number of aliphatic hydroxyl groups excluding tert-OH is 1. The Hall–Kier alpha value is -2.52. The van der Waals surface area contributed by atoms with Gasteiger partial charge in [-0.1, -0.05) is 30.3 Å². The maximum Gasteiger partial charge on any atom is 0.0717 e. The lowest BCUT2D eigenvalue weighted by Gasteiger charge is -2.05. The van der Waals surface area contributed by atoms with Crippen LogP contribution < -0.4 is 0 Å². The van der Waals surface area contributed by atoms with Crippen LogP contribution in [0.3, 0.4) is 0 Å². The molecule has 0 bridgehead atoms. The molecule has 3 aromatic rings. The molecule has 0 unspecified atom stereocenters. The molecule has 0 saturated carbocycles. The summed E-state index contributed by atoms with van der Waals surface area (Å²) in [7, 11) is 0. The van der Waals surface area contributed by atoms with Gasteiger partial charge in [0.2, 0.25) is 0 Å². The standard InChI is InChI=1S/C18H16N2O/c21-11-9-14-3-5-15(6-4-14)16-7-8-18(20-13-16)17-2-1-10-19-12-17/h1-8,10,12-13,21H,9,11H2. The van der Waals surface area contributed by atoms with Gasteiger partial charge in [0.25, 0.3) is 0 Å². The molecule has 0 aliphatic rings. The van der Waals surface area contributed by atoms with E-state index in [1.54, 1.807) is 6.20 Å². The molecule has 2 heterocycles. The number of nitrogens with zero attached hydrogens (tertiary/aromatic N) is 2. The van der Waals surface area contributed by atoms with Crippen molar-refractivity contribution in [1.29, 1.82) is 0 Å². The number of hydrogen-bond donors (Lipinski definition) is 1. The highest BCUT2D eigenvalue weighted by Crippen LogP contribution is 2.22. The van der Waals surface area contributed by atoms with Crippen LogP contribution in [-0.4, -0.2) is 21.7 Å². The molecular formula is C18H16N2O. The molecule has 0 aliphatic carbocycles. The predicted octanol–water partition coefficient (Wildman–Crippen LogP) is 3.35. The summed E-state index contributed by atoms with van der Waals surface area (Å²) < 4.78 is 0. The van der Waals surface area contributed by atoms with Crippen molar-refractivity contribution >= 4 is 0 Å². The average molecular weight is 276 g/mol. The Balaban J connectivity index is 1.84. The zero-order valence-electron chi connectivity index (χ0n) is 11.6. The third kappa shape index (κ3) is 3.15. The number of aliphatic hydroxyl groups is 1. The van der Waals surface area contributed by atoms with Gasteiger partial charge in [0.05, 0.1) is 5.69 Å². The van der Waals surface area contributed by atoms with Crippen LogP contribution in [0.15, 0.2) is 67.1 Å². The minimum Gasteiger partial charge on any atom is -0.396 e. The summed E-state index contributed by atoms with van der Waals surface area (Å²) in [5, 5.41) is 8.93. The van der Waals surface area contributed by atoms with Gasteiger partial charge >= 0.3 is 0 Å². The van der Waals surface area contributed by atoms with Crippen LogP contribution in [0.4, 0.5) is 0 Å². The quantitative estimate of drug-likeness (QED) is 0.795. The Morgan fingerprint density at radius 1 is 0.810 bits per heavy atom. The largest absolute Gasteiger partial charge is 0.396 e. The van der Waals surface area contributed by atoms with Crippen LogP contribution in [0, 0.1) is 0 Å². The van der Waals surface area contributed by atoms with Gasteiger partial charge in [0.1, 0.15) is 0 Å². The van der Waals surface area contributed by atoms with Crippen LogP contribution in [-0.2, 0) is 6.42 Å². The summed E-state index contributed by atoms with van der Waals surface area (Å²) in [6.45, 7) is 0.181. The molecular weight excluding hydrogens is 260 g/mol. The fraction of sp³-hybridized carbons (Fsp3) is 0.111. The first-order valence-electron chi connectivity index (χ1n) is 6.93. The lowest BCUT2D eigenvalue weighted by atomic mass is 10.0. The Labute approximate surface area is 124 Å². The van der Waals surface area contributed by atoms with Crippen LogP contribution in [0.5, 0.6) is 0 Å². The van der Waals surface area contributed by atoms with E-state index in [0.717, 1.165) is 27.9 Å². The maximum atomic E-state index is 8.93. The molecule has 0 radical (unpaired) electrons. The Bertz CT molecular complexity index is 692. The van der Waals surface area contributed by atoms with Gasteiger partial charge in [-0.25, -0.2) is 0 Å². The van der Waals surface area contributed by atoms with E-state index in [1.165, 1.54) is 0 Å². The van der Waals surface area contributed by atoms with Crippen molar-refractivity contribution in [3.63, 3.8) is 0 Å². The highest BCUT2D eigenvalue weighted by molar-refractivity contribution is 5.66. The van der Waals surface area contributed by atoms with E-state index in [-0.39, 0.29) is 6.61 Å². The summed E-state index contributed by atoms with van der Waals surface area (Å²) in [6.07, 6.45) is 6.14. The number of aromatic nitrogens is 2. The molecule has 3 rings (SSSR count). The van der Waals surface area contributed by atoms with E-state index in [1.807, 2.05) is 42.7 Å². The van der Waals surface area contributed by atoms with E-state index >= 15 is 0 Å². The molecule has 3 nitrogen and oxygen atoms in total. The van der Waals surface area contributed by atoms with E-state index in [9.17, 15) is 0 Å². The fourth-order valence-corrected chi connectivity index (χ4v) is 2.24. The van der Waals surface area contributed by atoms with E-state index in [0.29, 0.717) is 6.42 Å². The minimum atomic E-state index is 0.181. The van der Waals surface area contributed by atoms with Crippen molar-refractivity contribution < 1.29 is 5.11 Å². The SMILES string of the molecule is OCCc1ccc(-c2ccc(-c3cccnc3)nc2)cc1. The smallest absolute Gasteiger partial charge is 0.0717 e. The van der Waals surface area contributed by atoms with Gasteiger partial charge in [0.15, 0.2) is 0 Å². The second kappa shape index (κ2) is 6.29. The summed E-state index contributed by atoms with van der Waals surface area (Å²) in [6, 6.07) is 16.2. The maximum absolute atomic E-state index is 8.93. The van der Waals surface area contributed by atoms with Gasteiger partial charge in [-0.2, -0.15) is 0 Å². The molecule has 1 aromatic carbocycles. The summed E-state index contributed by atoms with van der Waals surface area (Å²) in [5.41, 5.74) is 5.28. The van der Waals surface area contributed by atoms with Crippen molar-refractivity contribution in [3.05, 3.63) is 72.7 Å². The summed E-state index contributed by atoms with van der Waals surface area (Å²) in [5.74, 6) is 0. The first-order valence-corrected chi connectivity index (χ1v) is 6.93. The molecule has 0 atom stereocenters. The van der Waals surface area contributed by atoms with E-state index in [4.69, 9.17) is 5.11 Å². The van der Waals surface area contributed by atoms with Crippen molar-refractivity contribution in [3.8, 4) is 22.4 Å². The van der Waals surface area contributed by atoms with Gasteiger partial charge in [-0.05, 0) is 35.7 Å². The van der Waals surface area contributed by atoms with Crippen molar-refractivity contribution in [2.45, 2.75) is 6.42 Å². The van der Waals surface area contributed by atoms with E-state index in [2.05, 4.69) is 28.2 Å². The second-order valence-electron chi connectivity index (χ2n) is 4.84. The Morgan fingerprint density at radius 2 is 1.62 bits per heavy atom. The molecule has 0 spiro atoms. The third-order valence-electron chi connectivity index (χ3n) is 3.41. The second-order valence-corrected chi connectivity index (χ2v) is 4.84. The zero-order chi connectivity index (χ0) is 14.5. The fourth-order valence-electron chi connectivity index (χ4n) is 2.24. The molecule has 104 valence electrons. The zero-order valence-corrected chi connectivity index (χ0v) is 11.6. The third-order valence-corrected chi connectivity index (χ3v) is 3.41. The topological polar surface area (TPSA) is 46.0 Å². The first kappa shape index (κ1) is 13.5. The average Bonchev–Trinajstić information content (AvgIpc) is 2.57. The lowest BCUT2D eigenvalue weighted by Crippen LogP contribution is -1.90. The molecule has 21 heavy (non-hydrogen) atoms. The minimum absolute atomic E-state index is 0.181. The molecule has 2 aromatic heterocycles. The molecule has 0 saturated heterocycles.